The summed E-state index contributed by atoms with van der Waals surface area (Å²) in [4.78, 5) is 38.1. The second-order valence-corrected chi connectivity index (χ2v) is 18.4. The Bertz CT molecular complexity index is 1360. The first-order chi connectivity index (χ1) is 33.5. The molecule has 0 heterocycles. The maximum absolute atomic E-state index is 12.9. The van der Waals surface area contributed by atoms with Crippen molar-refractivity contribution in [3.05, 3.63) is 97.2 Å². The number of hydrogen-bond acceptors (Lipinski definition) is 6. The molecule has 0 radical (unpaired) electrons. The van der Waals surface area contributed by atoms with Crippen molar-refractivity contribution in [2.75, 3.05) is 13.2 Å². The fourth-order valence-electron chi connectivity index (χ4n) is 7.62. The molecule has 0 aliphatic rings. The van der Waals surface area contributed by atoms with Crippen molar-refractivity contribution in [2.24, 2.45) is 0 Å². The van der Waals surface area contributed by atoms with Crippen LogP contribution in [0.2, 0.25) is 0 Å². The first kappa shape index (κ1) is 64.3. The molecule has 0 aromatic heterocycles. The van der Waals surface area contributed by atoms with E-state index >= 15 is 0 Å². The number of carbonyl (C=O) groups excluding carboxylic acids is 3. The zero-order chi connectivity index (χ0) is 49.3. The number of esters is 3. The van der Waals surface area contributed by atoms with Gasteiger partial charge in [0.05, 0.1) is 0 Å². The van der Waals surface area contributed by atoms with E-state index in [1.54, 1.807) is 0 Å². The van der Waals surface area contributed by atoms with E-state index in [2.05, 4.69) is 118 Å². The number of carbonyl (C=O) groups is 3. The van der Waals surface area contributed by atoms with Crippen LogP contribution >= 0.6 is 0 Å². The fraction of sp³-hybridized carbons (Fsp3) is 0.694. The van der Waals surface area contributed by atoms with E-state index in [4.69, 9.17) is 14.2 Å². The predicted octanol–water partition coefficient (Wildman–Crippen LogP) is 18.9. The first-order valence-electron chi connectivity index (χ1n) is 28.2. The minimum Gasteiger partial charge on any atom is -0.462 e. The number of unbranched alkanes of at least 4 members (excludes halogenated alkanes) is 23. The summed E-state index contributed by atoms with van der Waals surface area (Å²) in [5.74, 6) is -0.932. The van der Waals surface area contributed by atoms with Crippen LogP contribution < -0.4 is 0 Å². The summed E-state index contributed by atoms with van der Waals surface area (Å²) < 4.78 is 16.8. The second kappa shape index (κ2) is 55.9. The van der Waals surface area contributed by atoms with Gasteiger partial charge in [0.1, 0.15) is 13.2 Å². The molecule has 0 saturated heterocycles. The fourth-order valence-corrected chi connectivity index (χ4v) is 7.62. The van der Waals surface area contributed by atoms with Crippen molar-refractivity contribution in [1.82, 2.24) is 0 Å². The SMILES string of the molecule is CC/C=C\C/C=C\C/C=C\C/C=C\CCCCCCCCC(=O)OCC(COC(=O)CCCCCC/C=C\C/C=C\C/C=C\CC)OC(=O)CCCCCCCCC/C=C\CCCCCCCC. The molecule has 0 spiro atoms. The largest absolute Gasteiger partial charge is 0.462 e. The molecule has 0 aromatic carbocycles. The van der Waals surface area contributed by atoms with Crippen LogP contribution in [0.1, 0.15) is 258 Å². The number of allylic oxidation sites excluding steroid dienone is 16. The van der Waals surface area contributed by atoms with Gasteiger partial charge in [-0.1, -0.05) is 221 Å². The van der Waals surface area contributed by atoms with Crippen LogP contribution in [0.25, 0.3) is 0 Å². The summed E-state index contributed by atoms with van der Waals surface area (Å²) in [6.07, 6.45) is 73.9. The topological polar surface area (TPSA) is 78.9 Å². The molecule has 6 heteroatoms. The lowest BCUT2D eigenvalue weighted by atomic mass is 10.1. The molecular formula is C62H104O6. The Balaban J connectivity index is 4.44. The molecule has 6 nitrogen and oxygen atoms in total. The van der Waals surface area contributed by atoms with Crippen LogP contribution in [0.15, 0.2) is 97.2 Å². The van der Waals surface area contributed by atoms with E-state index in [-0.39, 0.29) is 31.1 Å². The highest BCUT2D eigenvalue weighted by Gasteiger charge is 2.19. The van der Waals surface area contributed by atoms with Crippen molar-refractivity contribution in [3.8, 4) is 0 Å². The lowest BCUT2D eigenvalue weighted by molar-refractivity contribution is -0.167. The third-order valence-corrected chi connectivity index (χ3v) is 11.8. The molecule has 0 aromatic rings. The Morgan fingerprint density at radius 2 is 0.574 bits per heavy atom. The van der Waals surface area contributed by atoms with E-state index in [1.165, 1.54) is 89.9 Å². The van der Waals surface area contributed by atoms with Gasteiger partial charge in [0, 0.05) is 19.3 Å². The Labute approximate surface area is 419 Å². The van der Waals surface area contributed by atoms with E-state index in [0.29, 0.717) is 19.3 Å². The van der Waals surface area contributed by atoms with Gasteiger partial charge < -0.3 is 14.2 Å². The molecule has 0 fully saturated rings. The lowest BCUT2D eigenvalue weighted by Crippen LogP contribution is -2.30. The van der Waals surface area contributed by atoms with Gasteiger partial charge >= 0.3 is 17.9 Å². The average molecular weight is 946 g/mol. The van der Waals surface area contributed by atoms with Gasteiger partial charge in [-0.3, -0.25) is 14.4 Å². The van der Waals surface area contributed by atoms with Crippen LogP contribution in [0.5, 0.6) is 0 Å². The van der Waals surface area contributed by atoms with E-state index < -0.39 is 6.10 Å². The highest BCUT2D eigenvalue weighted by molar-refractivity contribution is 5.71. The van der Waals surface area contributed by atoms with Crippen molar-refractivity contribution in [2.45, 2.75) is 264 Å². The minimum atomic E-state index is -0.796. The Kier molecular flexibility index (Phi) is 52.9. The van der Waals surface area contributed by atoms with Gasteiger partial charge in [-0.25, -0.2) is 0 Å². The van der Waals surface area contributed by atoms with Crippen molar-refractivity contribution in [1.29, 1.82) is 0 Å². The van der Waals surface area contributed by atoms with Gasteiger partial charge in [-0.2, -0.15) is 0 Å². The monoisotopic (exact) mass is 945 g/mol. The predicted molar refractivity (Wildman–Crippen MR) is 293 cm³/mol. The van der Waals surface area contributed by atoms with Gasteiger partial charge in [0.2, 0.25) is 0 Å². The normalized spacial score (nSPS) is 12.8. The molecule has 0 saturated carbocycles. The summed E-state index contributed by atoms with van der Waals surface area (Å²) in [7, 11) is 0. The van der Waals surface area contributed by atoms with Crippen LogP contribution in [-0.2, 0) is 28.6 Å². The smallest absolute Gasteiger partial charge is 0.306 e. The maximum atomic E-state index is 12.9. The molecule has 1 unspecified atom stereocenters. The number of ether oxygens (including phenoxy) is 3. The summed E-state index contributed by atoms with van der Waals surface area (Å²) in [6, 6.07) is 0. The van der Waals surface area contributed by atoms with Crippen LogP contribution in [0, 0.1) is 0 Å². The molecule has 0 aliphatic heterocycles. The van der Waals surface area contributed by atoms with Gasteiger partial charge in [-0.15, -0.1) is 0 Å². The standard InChI is InChI=1S/C62H104O6/c1-4-7-10-13-16-19-22-25-28-30-31-33-34-37-40-43-46-49-52-55-61(64)67-58-59(57-66-60(63)54-51-48-45-42-39-36-27-24-21-18-15-12-9-6-3)68-62(65)56-53-50-47-44-41-38-35-32-29-26-23-20-17-14-11-8-5-2/h7,9-10,12,16,18-19,21,25-29,31,33,36,59H,4-6,8,11,13-15,17,20,22-24,30,32,34-35,37-58H2,1-3H3/b10-7-,12-9-,19-16-,21-18-,28-25-,29-26-,33-31-,36-27-. The molecular weight excluding hydrogens is 841 g/mol. The Morgan fingerprint density at radius 1 is 0.309 bits per heavy atom. The van der Waals surface area contributed by atoms with Crippen LogP contribution in [-0.4, -0.2) is 37.2 Å². The zero-order valence-corrected chi connectivity index (χ0v) is 44.3. The molecule has 0 bridgehead atoms. The number of hydrogen-bond donors (Lipinski definition) is 0. The molecule has 388 valence electrons. The third-order valence-electron chi connectivity index (χ3n) is 11.8. The van der Waals surface area contributed by atoms with Crippen molar-refractivity contribution < 1.29 is 28.6 Å². The summed E-state index contributed by atoms with van der Waals surface area (Å²) in [6.45, 7) is 6.38. The van der Waals surface area contributed by atoms with Gasteiger partial charge in [0.25, 0.3) is 0 Å². The Morgan fingerprint density at radius 3 is 0.912 bits per heavy atom. The highest BCUT2D eigenvalue weighted by Crippen LogP contribution is 2.14. The van der Waals surface area contributed by atoms with E-state index in [0.717, 1.165) is 128 Å². The average Bonchev–Trinajstić information content (AvgIpc) is 3.34. The third kappa shape index (κ3) is 53.3. The molecule has 0 rings (SSSR count). The minimum absolute atomic E-state index is 0.0946. The van der Waals surface area contributed by atoms with E-state index in [9.17, 15) is 14.4 Å². The van der Waals surface area contributed by atoms with Crippen LogP contribution in [0.4, 0.5) is 0 Å². The quantitative estimate of drug-likeness (QED) is 0.0262. The van der Waals surface area contributed by atoms with Crippen molar-refractivity contribution in [3.63, 3.8) is 0 Å². The molecule has 0 aliphatic carbocycles. The highest BCUT2D eigenvalue weighted by atomic mass is 16.6. The summed E-state index contributed by atoms with van der Waals surface area (Å²) in [5.41, 5.74) is 0. The van der Waals surface area contributed by atoms with Gasteiger partial charge in [0.15, 0.2) is 6.10 Å². The molecule has 0 N–H and O–H groups in total. The second-order valence-electron chi connectivity index (χ2n) is 18.4. The lowest BCUT2D eigenvalue weighted by Gasteiger charge is -2.18. The maximum Gasteiger partial charge on any atom is 0.306 e. The Hall–Kier alpha value is -3.67. The summed E-state index contributed by atoms with van der Waals surface area (Å²) in [5, 5.41) is 0. The number of rotatable bonds is 50. The zero-order valence-electron chi connectivity index (χ0n) is 44.3. The summed E-state index contributed by atoms with van der Waals surface area (Å²) >= 11 is 0. The molecule has 0 amide bonds. The molecule has 1 atom stereocenters. The van der Waals surface area contributed by atoms with Crippen LogP contribution in [0.3, 0.4) is 0 Å². The van der Waals surface area contributed by atoms with Crippen molar-refractivity contribution >= 4 is 17.9 Å². The first-order valence-corrected chi connectivity index (χ1v) is 28.2. The molecule has 68 heavy (non-hydrogen) atoms. The van der Waals surface area contributed by atoms with E-state index in [1.807, 2.05) is 0 Å². The van der Waals surface area contributed by atoms with Gasteiger partial charge in [-0.05, 0) is 116 Å².